The van der Waals surface area contributed by atoms with Crippen LogP contribution in [0, 0.1) is 0 Å². The molecule has 2 aliphatic heterocycles. The fourth-order valence-electron chi connectivity index (χ4n) is 3.31. The van der Waals surface area contributed by atoms with Gasteiger partial charge in [-0.2, -0.15) is 0 Å². The largest absolute Gasteiger partial charge is 0.352 e. The maximum atomic E-state index is 12.3. The van der Waals surface area contributed by atoms with Gasteiger partial charge >= 0.3 is 0 Å². The number of nitrogens with one attached hydrogen (secondary N) is 2. The molecule has 1 aromatic rings. The summed E-state index contributed by atoms with van der Waals surface area (Å²) in [6.07, 6.45) is 3.79. The molecule has 0 aromatic heterocycles. The second kappa shape index (κ2) is 8.83. The second-order valence-electron chi connectivity index (χ2n) is 6.28. The van der Waals surface area contributed by atoms with Crippen LogP contribution < -0.4 is 10.6 Å². The summed E-state index contributed by atoms with van der Waals surface area (Å²) in [5.41, 5.74) is 0.608. The standard InChI is InChI=1S/C17H22BrN3O2.ClH/c18-13-3-1-12(2-4-13)17(23)19-9-7-16(22)21-10-8-14-5-6-15(11-21)20-14;/h1-4,14-15,20H,5-11H2,(H,19,23);1H. The lowest BCUT2D eigenvalue weighted by Crippen LogP contribution is -2.40. The van der Waals surface area contributed by atoms with Gasteiger partial charge in [0.25, 0.3) is 5.91 Å². The number of halogens is 2. The minimum absolute atomic E-state index is 0. The molecule has 0 radical (unpaired) electrons. The van der Waals surface area contributed by atoms with Crippen molar-refractivity contribution in [2.24, 2.45) is 0 Å². The van der Waals surface area contributed by atoms with Gasteiger partial charge in [0.2, 0.25) is 5.91 Å². The fourth-order valence-corrected chi connectivity index (χ4v) is 3.58. The summed E-state index contributed by atoms with van der Waals surface area (Å²) in [4.78, 5) is 26.3. The maximum Gasteiger partial charge on any atom is 0.251 e. The molecule has 24 heavy (non-hydrogen) atoms. The van der Waals surface area contributed by atoms with Gasteiger partial charge in [-0.15, -0.1) is 12.4 Å². The average Bonchev–Trinajstić information content (AvgIpc) is 2.86. The molecule has 2 amide bonds. The maximum absolute atomic E-state index is 12.3. The molecule has 3 rings (SSSR count). The summed E-state index contributed by atoms with van der Waals surface area (Å²) >= 11 is 3.34. The number of nitrogens with zero attached hydrogens (tertiary/aromatic N) is 1. The summed E-state index contributed by atoms with van der Waals surface area (Å²) in [6.45, 7) is 2.01. The smallest absolute Gasteiger partial charge is 0.251 e. The van der Waals surface area contributed by atoms with Crippen molar-refractivity contribution in [3.63, 3.8) is 0 Å². The van der Waals surface area contributed by atoms with E-state index in [2.05, 4.69) is 26.6 Å². The zero-order chi connectivity index (χ0) is 16.2. The first-order chi connectivity index (χ1) is 11.1. The van der Waals surface area contributed by atoms with E-state index in [4.69, 9.17) is 0 Å². The Morgan fingerprint density at radius 3 is 2.62 bits per heavy atom. The molecular weight excluding hydrogens is 394 g/mol. The summed E-state index contributed by atoms with van der Waals surface area (Å²) in [7, 11) is 0. The normalized spacial score (nSPS) is 22.5. The van der Waals surface area contributed by atoms with Gasteiger partial charge < -0.3 is 15.5 Å². The van der Waals surface area contributed by atoms with Gasteiger partial charge in [0.05, 0.1) is 0 Å². The van der Waals surface area contributed by atoms with Gasteiger partial charge in [0.1, 0.15) is 0 Å². The predicted molar refractivity (Wildman–Crippen MR) is 99.5 cm³/mol. The first kappa shape index (κ1) is 19.2. The predicted octanol–water partition coefficient (Wildman–Crippen LogP) is 2.34. The molecule has 2 bridgehead atoms. The van der Waals surface area contributed by atoms with Gasteiger partial charge in [-0.05, 0) is 43.5 Å². The Morgan fingerprint density at radius 2 is 1.88 bits per heavy atom. The Morgan fingerprint density at radius 1 is 1.17 bits per heavy atom. The topological polar surface area (TPSA) is 61.4 Å². The number of benzene rings is 1. The summed E-state index contributed by atoms with van der Waals surface area (Å²) in [6, 6.07) is 8.22. The van der Waals surface area contributed by atoms with Crippen LogP contribution >= 0.6 is 28.3 Å². The molecular formula is C17H23BrClN3O2. The van der Waals surface area contributed by atoms with Crippen LogP contribution in [0.25, 0.3) is 0 Å². The van der Waals surface area contributed by atoms with Crippen molar-refractivity contribution >= 4 is 40.2 Å². The molecule has 2 unspecified atom stereocenters. The van der Waals surface area contributed by atoms with Crippen molar-refractivity contribution in [2.75, 3.05) is 19.6 Å². The van der Waals surface area contributed by atoms with Crippen molar-refractivity contribution in [1.29, 1.82) is 0 Å². The SMILES string of the molecule is Cl.O=C(NCCC(=O)N1CCC2CCC(C1)N2)c1ccc(Br)cc1. The fraction of sp³-hybridized carbons (Fsp3) is 0.529. The van der Waals surface area contributed by atoms with Crippen LogP contribution in [-0.4, -0.2) is 48.4 Å². The van der Waals surface area contributed by atoms with E-state index in [1.54, 1.807) is 12.1 Å². The molecule has 0 spiro atoms. The number of hydrogen-bond donors (Lipinski definition) is 2. The number of hydrogen-bond acceptors (Lipinski definition) is 3. The lowest BCUT2D eigenvalue weighted by molar-refractivity contribution is -0.131. The van der Waals surface area contributed by atoms with E-state index in [0.717, 1.165) is 30.4 Å². The van der Waals surface area contributed by atoms with Gasteiger partial charge in [-0.25, -0.2) is 0 Å². The molecule has 2 aliphatic rings. The third kappa shape index (κ3) is 4.94. The van der Waals surface area contributed by atoms with E-state index in [9.17, 15) is 9.59 Å². The molecule has 7 heteroatoms. The van der Waals surface area contributed by atoms with E-state index >= 15 is 0 Å². The Balaban J connectivity index is 0.00000208. The molecule has 2 saturated heterocycles. The van der Waals surface area contributed by atoms with Gasteiger partial charge in [-0.3, -0.25) is 9.59 Å². The third-order valence-corrected chi connectivity index (χ3v) is 5.14. The lowest BCUT2D eigenvalue weighted by Gasteiger charge is -2.24. The van der Waals surface area contributed by atoms with Crippen molar-refractivity contribution in [3.05, 3.63) is 34.3 Å². The van der Waals surface area contributed by atoms with Crippen molar-refractivity contribution in [2.45, 2.75) is 37.8 Å². The van der Waals surface area contributed by atoms with Crippen LogP contribution in [0.2, 0.25) is 0 Å². The van der Waals surface area contributed by atoms with E-state index < -0.39 is 0 Å². The van der Waals surface area contributed by atoms with Crippen LogP contribution in [0.15, 0.2) is 28.7 Å². The molecule has 2 heterocycles. The summed E-state index contributed by atoms with van der Waals surface area (Å²) < 4.78 is 0.938. The number of carbonyl (C=O) groups excluding carboxylic acids is 2. The van der Waals surface area contributed by atoms with Crippen LogP contribution in [0.4, 0.5) is 0 Å². The Kier molecular flexibility index (Phi) is 7.07. The summed E-state index contributed by atoms with van der Waals surface area (Å²) in [5.74, 6) is -0.00246. The average molecular weight is 417 g/mol. The zero-order valence-corrected chi connectivity index (χ0v) is 15.9. The van der Waals surface area contributed by atoms with Crippen molar-refractivity contribution in [1.82, 2.24) is 15.5 Å². The first-order valence-electron chi connectivity index (χ1n) is 8.19. The molecule has 5 nitrogen and oxygen atoms in total. The van der Waals surface area contributed by atoms with Gasteiger partial charge in [-0.1, -0.05) is 15.9 Å². The van der Waals surface area contributed by atoms with Gasteiger partial charge in [0, 0.05) is 48.2 Å². The number of amides is 2. The Labute approximate surface area is 157 Å². The number of rotatable bonds is 4. The number of carbonyl (C=O) groups is 2. The molecule has 132 valence electrons. The molecule has 0 saturated carbocycles. The highest BCUT2D eigenvalue weighted by Gasteiger charge is 2.30. The van der Waals surface area contributed by atoms with Crippen LogP contribution in [-0.2, 0) is 4.79 Å². The monoisotopic (exact) mass is 415 g/mol. The molecule has 2 fully saturated rings. The molecule has 2 atom stereocenters. The summed E-state index contributed by atoms with van der Waals surface area (Å²) in [5, 5.41) is 6.39. The Hall–Kier alpha value is -1.11. The highest BCUT2D eigenvalue weighted by atomic mass is 79.9. The van der Waals surface area contributed by atoms with E-state index in [1.165, 1.54) is 6.42 Å². The minimum Gasteiger partial charge on any atom is -0.352 e. The van der Waals surface area contributed by atoms with Crippen LogP contribution in [0.5, 0.6) is 0 Å². The van der Waals surface area contributed by atoms with Crippen molar-refractivity contribution < 1.29 is 9.59 Å². The molecule has 1 aromatic carbocycles. The zero-order valence-electron chi connectivity index (χ0n) is 13.5. The van der Waals surface area contributed by atoms with E-state index in [-0.39, 0.29) is 24.2 Å². The Bertz CT molecular complexity index is 582. The third-order valence-electron chi connectivity index (χ3n) is 4.61. The molecule has 2 N–H and O–H groups in total. The van der Waals surface area contributed by atoms with Gasteiger partial charge in [0.15, 0.2) is 0 Å². The van der Waals surface area contributed by atoms with Crippen molar-refractivity contribution in [3.8, 4) is 0 Å². The quantitative estimate of drug-likeness (QED) is 0.792. The van der Waals surface area contributed by atoms with E-state index in [0.29, 0.717) is 30.6 Å². The highest BCUT2D eigenvalue weighted by Crippen LogP contribution is 2.20. The first-order valence-corrected chi connectivity index (χ1v) is 8.99. The number of likely N-dealkylation sites (tertiary alicyclic amines) is 1. The van der Waals surface area contributed by atoms with Crippen LogP contribution in [0.1, 0.15) is 36.0 Å². The van der Waals surface area contributed by atoms with Crippen LogP contribution in [0.3, 0.4) is 0 Å². The van der Waals surface area contributed by atoms with E-state index in [1.807, 2.05) is 17.0 Å². The number of fused-ring (bicyclic) bond motifs is 2. The second-order valence-corrected chi connectivity index (χ2v) is 7.19. The highest BCUT2D eigenvalue weighted by molar-refractivity contribution is 9.10. The molecule has 0 aliphatic carbocycles. The lowest BCUT2D eigenvalue weighted by atomic mass is 10.1. The minimum atomic E-state index is -0.137.